The van der Waals surface area contributed by atoms with Crippen LogP contribution in [-0.2, 0) is 20.9 Å². The van der Waals surface area contributed by atoms with E-state index in [9.17, 15) is 19.7 Å². The summed E-state index contributed by atoms with van der Waals surface area (Å²) in [5.41, 5.74) is 2.00. The molecule has 1 heterocycles. The number of ether oxygens (including phenoxy) is 1. The number of amides is 1. The Hall–Kier alpha value is -4.01. The van der Waals surface area contributed by atoms with E-state index in [1.165, 1.54) is 18.2 Å². The molecule has 9 nitrogen and oxygen atoms in total. The lowest BCUT2D eigenvalue weighted by Crippen LogP contribution is -2.15. The van der Waals surface area contributed by atoms with Crippen LogP contribution in [0.25, 0.3) is 17.0 Å². The van der Waals surface area contributed by atoms with Crippen LogP contribution in [0.1, 0.15) is 18.9 Å². The molecule has 0 bridgehead atoms. The zero-order valence-electron chi connectivity index (χ0n) is 16.3. The number of non-ortho nitro benzene ring substituents is 1. The molecule has 1 N–H and O–H groups in total. The lowest BCUT2D eigenvalue weighted by Gasteiger charge is -2.07. The van der Waals surface area contributed by atoms with Crippen LogP contribution >= 0.6 is 0 Å². The van der Waals surface area contributed by atoms with Crippen molar-refractivity contribution in [2.75, 3.05) is 11.9 Å². The van der Waals surface area contributed by atoms with Crippen molar-refractivity contribution in [3.05, 3.63) is 70.4 Å². The Morgan fingerprint density at radius 3 is 2.70 bits per heavy atom. The summed E-state index contributed by atoms with van der Waals surface area (Å²) in [5, 5.41) is 18.7. The Labute approximate surface area is 172 Å². The number of aromatic nitrogens is 2. The summed E-state index contributed by atoms with van der Waals surface area (Å²) in [4.78, 5) is 34.1. The highest BCUT2D eigenvalue weighted by molar-refractivity contribution is 5.91. The largest absolute Gasteiger partial charge is 0.463 e. The number of aryl methyl sites for hydroxylation is 1. The van der Waals surface area contributed by atoms with Gasteiger partial charge in [0.25, 0.3) is 5.69 Å². The summed E-state index contributed by atoms with van der Waals surface area (Å²) in [6.45, 7) is 2.35. The van der Waals surface area contributed by atoms with Crippen molar-refractivity contribution >= 4 is 40.2 Å². The maximum atomic E-state index is 12.3. The Kier molecular flexibility index (Phi) is 6.53. The molecule has 1 aromatic heterocycles. The number of carbonyl (C=O) groups excluding carboxylic acids is 2. The molecule has 2 aromatic carbocycles. The zero-order valence-corrected chi connectivity index (χ0v) is 16.3. The highest BCUT2D eigenvalue weighted by Gasteiger charge is 2.11. The second kappa shape index (κ2) is 9.46. The van der Waals surface area contributed by atoms with Gasteiger partial charge < -0.3 is 10.1 Å². The lowest BCUT2D eigenvalue weighted by molar-refractivity contribution is -0.384. The highest BCUT2D eigenvalue weighted by atomic mass is 16.6. The average molecular weight is 408 g/mol. The van der Waals surface area contributed by atoms with Crippen LogP contribution in [0.5, 0.6) is 0 Å². The molecule has 9 heteroatoms. The van der Waals surface area contributed by atoms with Gasteiger partial charge in [-0.1, -0.05) is 12.1 Å². The van der Waals surface area contributed by atoms with Gasteiger partial charge in [-0.25, -0.2) is 4.79 Å². The summed E-state index contributed by atoms with van der Waals surface area (Å²) < 4.78 is 6.39. The normalized spacial score (nSPS) is 11.0. The number of nitrogens with zero attached hydrogens (tertiary/aromatic N) is 3. The molecule has 0 atom stereocenters. The molecule has 0 fully saturated rings. The standard InChI is InChI=1S/C21H20N4O5/c1-2-30-21(27)10-5-15-3-7-17(8-4-15)23-20(26)11-12-24-19-13-18(25(28)29)9-6-16(19)14-22-24/h3-10,13-14H,2,11-12H2,1H3,(H,23,26). The molecule has 0 spiro atoms. The molecule has 154 valence electrons. The predicted molar refractivity (Wildman–Crippen MR) is 112 cm³/mol. The van der Waals surface area contributed by atoms with Crippen molar-refractivity contribution in [1.29, 1.82) is 0 Å². The Bertz CT molecular complexity index is 1100. The van der Waals surface area contributed by atoms with E-state index in [1.54, 1.807) is 54.2 Å². The van der Waals surface area contributed by atoms with Crippen LogP contribution in [0.3, 0.4) is 0 Å². The summed E-state index contributed by atoms with van der Waals surface area (Å²) in [6, 6.07) is 11.5. The fourth-order valence-electron chi connectivity index (χ4n) is 2.81. The molecule has 0 aliphatic heterocycles. The predicted octanol–water partition coefficient (Wildman–Crippen LogP) is 3.55. The van der Waals surface area contributed by atoms with E-state index in [1.807, 2.05) is 0 Å². The molecular formula is C21H20N4O5. The van der Waals surface area contributed by atoms with Crippen molar-refractivity contribution in [3.63, 3.8) is 0 Å². The lowest BCUT2D eigenvalue weighted by atomic mass is 10.2. The molecule has 1 amide bonds. The Morgan fingerprint density at radius 1 is 1.23 bits per heavy atom. The molecule has 0 aliphatic carbocycles. The number of hydrogen-bond donors (Lipinski definition) is 1. The minimum atomic E-state index is -0.463. The highest BCUT2D eigenvalue weighted by Crippen LogP contribution is 2.21. The number of nitro groups is 1. The maximum Gasteiger partial charge on any atom is 0.330 e. The van der Waals surface area contributed by atoms with Gasteiger partial charge in [0.1, 0.15) is 0 Å². The van der Waals surface area contributed by atoms with E-state index >= 15 is 0 Å². The number of esters is 1. The van der Waals surface area contributed by atoms with Crippen LogP contribution in [-0.4, -0.2) is 33.2 Å². The first-order valence-corrected chi connectivity index (χ1v) is 9.31. The molecular weight excluding hydrogens is 388 g/mol. The summed E-state index contributed by atoms with van der Waals surface area (Å²) in [5.74, 6) is -0.620. The smallest absolute Gasteiger partial charge is 0.330 e. The third kappa shape index (κ3) is 5.28. The third-order valence-electron chi connectivity index (χ3n) is 4.28. The first-order chi connectivity index (χ1) is 14.5. The maximum absolute atomic E-state index is 12.3. The molecule has 0 aliphatic rings. The fraction of sp³-hybridized carbons (Fsp3) is 0.190. The van der Waals surface area contributed by atoms with Gasteiger partial charge in [-0.3, -0.25) is 19.6 Å². The van der Waals surface area contributed by atoms with E-state index < -0.39 is 10.9 Å². The summed E-state index contributed by atoms with van der Waals surface area (Å²) in [6.07, 6.45) is 4.74. The number of carbonyl (C=O) groups is 2. The third-order valence-corrected chi connectivity index (χ3v) is 4.28. The van der Waals surface area contributed by atoms with Gasteiger partial charge in [-0.15, -0.1) is 0 Å². The van der Waals surface area contributed by atoms with E-state index in [2.05, 4.69) is 10.4 Å². The van der Waals surface area contributed by atoms with Crippen LogP contribution in [0.4, 0.5) is 11.4 Å². The molecule has 30 heavy (non-hydrogen) atoms. The number of fused-ring (bicyclic) bond motifs is 1. The molecule has 0 saturated carbocycles. The fourth-order valence-corrected chi connectivity index (χ4v) is 2.81. The number of anilines is 1. The topological polar surface area (TPSA) is 116 Å². The number of nitrogens with one attached hydrogen (secondary N) is 1. The molecule has 0 saturated heterocycles. The van der Waals surface area contributed by atoms with Gasteiger partial charge in [-0.2, -0.15) is 5.10 Å². The minimum Gasteiger partial charge on any atom is -0.463 e. The number of nitro benzene ring substituents is 1. The van der Waals surface area contributed by atoms with E-state index in [-0.39, 0.29) is 24.6 Å². The van der Waals surface area contributed by atoms with Crippen LogP contribution in [0.2, 0.25) is 0 Å². The van der Waals surface area contributed by atoms with Crippen molar-refractivity contribution in [3.8, 4) is 0 Å². The quantitative estimate of drug-likeness (QED) is 0.264. The summed E-state index contributed by atoms with van der Waals surface area (Å²) in [7, 11) is 0. The van der Waals surface area contributed by atoms with Gasteiger partial charge in [0.2, 0.25) is 5.91 Å². The number of benzene rings is 2. The first kappa shape index (κ1) is 20.7. The van der Waals surface area contributed by atoms with Gasteiger partial charge >= 0.3 is 5.97 Å². The minimum absolute atomic E-state index is 0.0224. The molecule has 3 aromatic rings. The summed E-state index contributed by atoms with van der Waals surface area (Å²) >= 11 is 0. The first-order valence-electron chi connectivity index (χ1n) is 9.31. The van der Waals surface area contributed by atoms with Gasteiger partial charge in [0.15, 0.2) is 0 Å². The van der Waals surface area contributed by atoms with Crippen molar-refractivity contribution < 1.29 is 19.2 Å². The SMILES string of the molecule is CCOC(=O)C=Cc1ccc(NC(=O)CCn2ncc3ccc([N+](=O)[O-])cc32)cc1. The zero-order chi connectivity index (χ0) is 21.5. The van der Waals surface area contributed by atoms with E-state index in [4.69, 9.17) is 4.74 Å². The van der Waals surface area contributed by atoms with Crippen LogP contribution < -0.4 is 5.32 Å². The Morgan fingerprint density at radius 2 is 2.00 bits per heavy atom. The second-order valence-corrected chi connectivity index (χ2v) is 6.37. The number of hydrogen-bond acceptors (Lipinski definition) is 6. The Balaban J connectivity index is 1.57. The van der Waals surface area contributed by atoms with Crippen molar-refractivity contribution in [2.45, 2.75) is 19.9 Å². The van der Waals surface area contributed by atoms with E-state index in [0.29, 0.717) is 17.8 Å². The monoisotopic (exact) mass is 408 g/mol. The van der Waals surface area contributed by atoms with Gasteiger partial charge in [0, 0.05) is 35.7 Å². The number of rotatable bonds is 8. The second-order valence-electron chi connectivity index (χ2n) is 6.37. The van der Waals surface area contributed by atoms with Crippen molar-refractivity contribution in [1.82, 2.24) is 9.78 Å². The molecule has 3 rings (SSSR count). The van der Waals surface area contributed by atoms with Gasteiger partial charge in [0.05, 0.1) is 29.8 Å². The van der Waals surface area contributed by atoms with Crippen LogP contribution in [0, 0.1) is 10.1 Å². The average Bonchev–Trinajstić information content (AvgIpc) is 3.14. The van der Waals surface area contributed by atoms with Gasteiger partial charge in [-0.05, 0) is 36.8 Å². The molecule has 0 radical (unpaired) electrons. The van der Waals surface area contributed by atoms with Crippen LogP contribution in [0.15, 0.2) is 54.7 Å². The molecule has 0 unspecified atom stereocenters. The van der Waals surface area contributed by atoms with E-state index in [0.717, 1.165) is 10.9 Å². The van der Waals surface area contributed by atoms with Crippen molar-refractivity contribution in [2.24, 2.45) is 0 Å².